The lowest BCUT2D eigenvalue weighted by Gasteiger charge is -1.99. The molecular formula is C10H10BrN3O2. The quantitative estimate of drug-likeness (QED) is 0.890. The molecule has 0 unspecified atom stereocenters. The summed E-state index contributed by atoms with van der Waals surface area (Å²) in [6.07, 6.45) is 0. The molecule has 0 aromatic carbocycles. The molecule has 2 rings (SSSR count). The SMILES string of the molecule is Cc1[nH]nc(NC(=O)c2ccc(Br)o2)c1C. The summed E-state index contributed by atoms with van der Waals surface area (Å²) in [5.41, 5.74) is 1.84. The number of amides is 1. The van der Waals surface area contributed by atoms with Gasteiger partial charge in [-0.3, -0.25) is 9.89 Å². The molecule has 0 saturated heterocycles. The number of aromatic nitrogens is 2. The molecule has 84 valence electrons. The van der Waals surface area contributed by atoms with Gasteiger partial charge in [0.05, 0.1) is 0 Å². The Balaban J connectivity index is 2.17. The highest BCUT2D eigenvalue weighted by Gasteiger charge is 2.14. The predicted octanol–water partition coefficient (Wildman–Crippen LogP) is 2.63. The van der Waals surface area contributed by atoms with Crippen molar-refractivity contribution in [2.45, 2.75) is 13.8 Å². The van der Waals surface area contributed by atoms with Crippen LogP contribution in [-0.4, -0.2) is 16.1 Å². The first-order chi connectivity index (χ1) is 7.58. The van der Waals surface area contributed by atoms with Crippen LogP contribution in [-0.2, 0) is 0 Å². The van der Waals surface area contributed by atoms with Crippen LogP contribution in [0.1, 0.15) is 21.8 Å². The number of aromatic amines is 1. The third kappa shape index (κ3) is 2.01. The van der Waals surface area contributed by atoms with Crippen LogP contribution in [0.3, 0.4) is 0 Å². The first-order valence-corrected chi connectivity index (χ1v) is 5.45. The minimum absolute atomic E-state index is 0.243. The van der Waals surface area contributed by atoms with E-state index in [0.717, 1.165) is 11.3 Å². The van der Waals surface area contributed by atoms with E-state index in [2.05, 4.69) is 31.4 Å². The molecule has 2 aromatic rings. The predicted molar refractivity (Wildman–Crippen MR) is 62.4 cm³/mol. The van der Waals surface area contributed by atoms with Crippen molar-refractivity contribution >= 4 is 27.7 Å². The number of hydrogen-bond acceptors (Lipinski definition) is 3. The summed E-state index contributed by atoms with van der Waals surface area (Å²) >= 11 is 3.14. The molecular weight excluding hydrogens is 274 g/mol. The number of hydrogen-bond donors (Lipinski definition) is 2. The van der Waals surface area contributed by atoms with E-state index in [4.69, 9.17) is 4.42 Å². The van der Waals surface area contributed by atoms with Gasteiger partial charge in [0.1, 0.15) is 0 Å². The third-order valence-electron chi connectivity index (χ3n) is 2.28. The van der Waals surface area contributed by atoms with Crippen molar-refractivity contribution in [2.24, 2.45) is 0 Å². The Hall–Kier alpha value is -1.56. The number of H-pyrrole nitrogens is 1. The standard InChI is InChI=1S/C10H10BrN3O2/c1-5-6(2)13-14-9(5)12-10(15)7-3-4-8(11)16-7/h3-4H,1-2H3,(H2,12,13,14,15). The number of rotatable bonds is 2. The lowest BCUT2D eigenvalue weighted by molar-refractivity contribution is 0.0995. The number of nitrogens with one attached hydrogen (secondary N) is 2. The van der Waals surface area contributed by atoms with Crippen molar-refractivity contribution in [3.05, 3.63) is 33.8 Å². The zero-order chi connectivity index (χ0) is 11.7. The topological polar surface area (TPSA) is 70.9 Å². The molecule has 0 aliphatic rings. The van der Waals surface area contributed by atoms with Crippen molar-refractivity contribution in [1.29, 1.82) is 0 Å². The van der Waals surface area contributed by atoms with E-state index in [1.165, 1.54) is 0 Å². The van der Waals surface area contributed by atoms with E-state index in [1.807, 2.05) is 13.8 Å². The molecule has 2 N–H and O–H groups in total. The number of nitrogens with zero attached hydrogens (tertiary/aromatic N) is 1. The van der Waals surface area contributed by atoms with Gasteiger partial charge in [0, 0.05) is 11.3 Å². The van der Waals surface area contributed by atoms with Gasteiger partial charge in [-0.05, 0) is 41.9 Å². The van der Waals surface area contributed by atoms with Crippen molar-refractivity contribution in [2.75, 3.05) is 5.32 Å². The first kappa shape index (κ1) is 10.9. The number of carbonyl (C=O) groups is 1. The van der Waals surface area contributed by atoms with Gasteiger partial charge < -0.3 is 9.73 Å². The lowest BCUT2D eigenvalue weighted by atomic mass is 10.3. The largest absolute Gasteiger partial charge is 0.444 e. The molecule has 6 heteroatoms. The Morgan fingerprint density at radius 1 is 1.50 bits per heavy atom. The smallest absolute Gasteiger partial charge is 0.292 e. The minimum atomic E-state index is -0.319. The summed E-state index contributed by atoms with van der Waals surface area (Å²) in [5, 5.41) is 9.44. The zero-order valence-corrected chi connectivity index (χ0v) is 10.4. The van der Waals surface area contributed by atoms with Crippen molar-refractivity contribution in [3.8, 4) is 0 Å². The molecule has 0 bridgehead atoms. The number of carbonyl (C=O) groups excluding carboxylic acids is 1. The summed E-state index contributed by atoms with van der Waals surface area (Å²) in [5.74, 6) is 0.447. The summed E-state index contributed by atoms with van der Waals surface area (Å²) < 4.78 is 5.65. The van der Waals surface area contributed by atoms with Gasteiger partial charge in [-0.1, -0.05) is 0 Å². The Morgan fingerprint density at radius 2 is 2.25 bits per heavy atom. The maximum atomic E-state index is 11.7. The molecule has 5 nitrogen and oxygen atoms in total. The Morgan fingerprint density at radius 3 is 2.75 bits per heavy atom. The average Bonchev–Trinajstić information content (AvgIpc) is 2.79. The van der Waals surface area contributed by atoms with E-state index in [9.17, 15) is 4.79 Å². The van der Waals surface area contributed by atoms with E-state index in [1.54, 1.807) is 12.1 Å². The molecule has 2 aromatic heterocycles. The second-order valence-corrected chi connectivity index (χ2v) is 4.16. The van der Waals surface area contributed by atoms with Gasteiger partial charge >= 0.3 is 0 Å². The summed E-state index contributed by atoms with van der Waals surface area (Å²) in [7, 11) is 0. The number of anilines is 1. The molecule has 0 atom stereocenters. The van der Waals surface area contributed by atoms with Crippen molar-refractivity contribution in [3.63, 3.8) is 0 Å². The molecule has 0 aliphatic carbocycles. The van der Waals surface area contributed by atoms with E-state index in [-0.39, 0.29) is 11.7 Å². The highest BCUT2D eigenvalue weighted by atomic mass is 79.9. The van der Waals surface area contributed by atoms with Crippen LogP contribution in [0, 0.1) is 13.8 Å². The van der Waals surface area contributed by atoms with Crippen LogP contribution in [0.5, 0.6) is 0 Å². The Bertz CT molecular complexity index is 530. The lowest BCUT2D eigenvalue weighted by Crippen LogP contribution is -2.11. The van der Waals surface area contributed by atoms with E-state index in [0.29, 0.717) is 10.5 Å². The van der Waals surface area contributed by atoms with Crippen molar-refractivity contribution in [1.82, 2.24) is 10.2 Å². The number of halogens is 1. The summed E-state index contributed by atoms with van der Waals surface area (Å²) in [6, 6.07) is 3.26. The average molecular weight is 284 g/mol. The number of furan rings is 1. The molecule has 16 heavy (non-hydrogen) atoms. The Kier molecular flexibility index (Phi) is 2.82. The van der Waals surface area contributed by atoms with E-state index < -0.39 is 0 Å². The minimum Gasteiger partial charge on any atom is -0.444 e. The summed E-state index contributed by atoms with van der Waals surface area (Å²) in [4.78, 5) is 11.7. The fourth-order valence-electron chi connectivity index (χ4n) is 1.21. The van der Waals surface area contributed by atoms with Gasteiger partial charge in [-0.15, -0.1) is 0 Å². The fraction of sp³-hybridized carbons (Fsp3) is 0.200. The monoisotopic (exact) mass is 283 g/mol. The van der Waals surface area contributed by atoms with Gasteiger partial charge in [-0.2, -0.15) is 5.10 Å². The molecule has 0 radical (unpaired) electrons. The maximum Gasteiger partial charge on any atom is 0.292 e. The molecule has 2 heterocycles. The van der Waals surface area contributed by atoms with Crippen LogP contribution in [0.15, 0.2) is 21.2 Å². The number of aryl methyl sites for hydroxylation is 1. The fourth-order valence-corrected chi connectivity index (χ4v) is 1.52. The molecule has 0 fully saturated rings. The van der Waals surface area contributed by atoms with Gasteiger partial charge in [0.25, 0.3) is 5.91 Å². The van der Waals surface area contributed by atoms with Crippen molar-refractivity contribution < 1.29 is 9.21 Å². The van der Waals surface area contributed by atoms with Crippen LogP contribution >= 0.6 is 15.9 Å². The molecule has 0 saturated carbocycles. The molecule has 0 aliphatic heterocycles. The highest BCUT2D eigenvalue weighted by Crippen LogP contribution is 2.17. The van der Waals surface area contributed by atoms with Crippen LogP contribution in [0.2, 0.25) is 0 Å². The van der Waals surface area contributed by atoms with Crippen LogP contribution in [0.25, 0.3) is 0 Å². The van der Waals surface area contributed by atoms with Gasteiger partial charge in [-0.25, -0.2) is 0 Å². The van der Waals surface area contributed by atoms with Crippen LogP contribution < -0.4 is 5.32 Å². The molecule has 1 amide bonds. The first-order valence-electron chi connectivity index (χ1n) is 4.66. The maximum absolute atomic E-state index is 11.7. The van der Waals surface area contributed by atoms with Crippen LogP contribution in [0.4, 0.5) is 5.82 Å². The highest BCUT2D eigenvalue weighted by molar-refractivity contribution is 9.10. The third-order valence-corrected chi connectivity index (χ3v) is 2.71. The Labute approximate surface area is 100 Å². The second kappa shape index (κ2) is 4.13. The van der Waals surface area contributed by atoms with Gasteiger partial charge in [0.15, 0.2) is 16.2 Å². The van der Waals surface area contributed by atoms with E-state index >= 15 is 0 Å². The second-order valence-electron chi connectivity index (χ2n) is 3.38. The van der Waals surface area contributed by atoms with Gasteiger partial charge in [0.2, 0.25) is 0 Å². The molecule has 0 spiro atoms. The normalized spacial score (nSPS) is 10.4. The zero-order valence-electron chi connectivity index (χ0n) is 8.80. The summed E-state index contributed by atoms with van der Waals surface area (Å²) in [6.45, 7) is 3.77.